The van der Waals surface area contributed by atoms with E-state index < -0.39 is 0 Å². The van der Waals surface area contributed by atoms with Crippen molar-refractivity contribution in [2.24, 2.45) is 10.9 Å². The second-order valence-electron chi connectivity index (χ2n) is 4.89. The first-order valence-corrected chi connectivity index (χ1v) is 6.78. The van der Waals surface area contributed by atoms with Crippen LogP contribution in [-0.4, -0.2) is 34.4 Å². The molecule has 0 atom stereocenters. The van der Waals surface area contributed by atoms with Crippen molar-refractivity contribution < 1.29 is 10.0 Å². The van der Waals surface area contributed by atoms with E-state index in [4.69, 9.17) is 22.5 Å². The normalized spacial score (nSPS) is 11.8. The number of amides is 1. The molecule has 1 amide bonds. The molecule has 110 valence electrons. The molecule has 1 aromatic rings. The monoisotopic (exact) mass is 297 g/mol. The molecule has 20 heavy (non-hydrogen) atoms. The van der Waals surface area contributed by atoms with Crippen molar-refractivity contribution in [3.63, 3.8) is 0 Å². The van der Waals surface area contributed by atoms with Gasteiger partial charge in [0.2, 0.25) is 0 Å². The van der Waals surface area contributed by atoms with Crippen molar-refractivity contribution in [3.05, 3.63) is 34.3 Å². The van der Waals surface area contributed by atoms with Gasteiger partial charge in [-0.1, -0.05) is 22.8 Å². The van der Waals surface area contributed by atoms with Gasteiger partial charge in [-0.3, -0.25) is 4.79 Å². The molecule has 0 saturated heterocycles. The fourth-order valence-electron chi connectivity index (χ4n) is 1.86. The number of rotatable bonds is 5. The summed E-state index contributed by atoms with van der Waals surface area (Å²) in [6.07, 6.45) is 0.319. The van der Waals surface area contributed by atoms with Crippen LogP contribution in [0, 0.1) is 6.92 Å². The lowest BCUT2D eigenvalue weighted by molar-refractivity contribution is 0.0710. The average molecular weight is 298 g/mol. The first-order valence-electron chi connectivity index (χ1n) is 6.40. The number of oxime groups is 1. The van der Waals surface area contributed by atoms with Crippen LogP contribution < -0.4 is 5.73 Å². The number of aryl methyl sites for hydroxylation is 1. The van der Waals surface area contributed by atoms with Gasteiger partial charge in [0.1, 0.15) is 5.84 Å². The van der Waals surface area contributed by atoms with Gasteiger partial charge in [-0.2, -0.15) is 0 Å². The molecule has 0 aliphatic heterocycles. The van der Waals surface area contributed by atoms with Crippen LogP contribution in [0.2, 0.25) is 5.02 Å². The van der Waals surface area contributed by atoms with Crippen molar-refractivity contribution in [3.8, 4) is 0 Å². The van der Waals surface area contributed by atoms with Crippen molar-refractivity contribution >= 4 is 23.3 Å². The zero-order chi connectivity index (χ0) is 15.3. The van der Waals surface area contributed by atoms with Crippen LogP contribution in [-0.2, 0) is 0 Å². The summed E-state index contributed by atoms with van der Waals surface area (Å²) in [6, 6.07) is 5.24. The molecule has 0 bridgehead atoms. The van der Waals surface area contributed by atoms with Crippen molar-refractivity contribution in [1.29, 1.82) is 0 Å². The highest BCUT2D eigenvalue weighted by molar-refractivity contribution is 6.31. The Labute approximate surface area is 124 Å². The van der Waals surface area contributed by atoms with Gasteiger partial charge in [0.05, 0.1) is 0 Å². The summed E-state index contributed by atoms with van der Waals surface area (Å²) in [7, 11) is 0. The standard InChI is InChI=1S/C14H20ClN3O2/c1-9(2)18(7-6-13(16)17-20)14(19)12-8-11(15)5-4-10(12)3/h4-5,8-9,20H,6-7H2,1-3H3,(H2,16,17). The number of nitrogens with two attached hydrogens (primary N) is 1. The molecule has 0 aliphatic carbocycles. The van der Waals surface area contributed by atoms with Crippen LogP contribution in [0.3, 0.4) is 0 Å². The predicted octanol–water partition coefficient (Wildman–Crippen LogP) is 2.64. The Morgan fingerprint density at radius 3 is 2.70 bits per heavy atom. The Balaban J connectivity index is 2.97. The Morgan fingerprint density at radius 1 is 1.50 bits per heavy atom. The van der Waals surface area contributed by atoms with Gasteiger partial charge in [-0.05, 0) is 38.5 Å². The molecule has 1 aromatic carbocycles. The quantitative estimate of drug-likeness (QED) is 0.379. The molecule has 0 radical (unpaired) electrons. The second-order valence-corrected chi connectivity index (χ2v) is 5.33. The fraction of sp³-hybridized carbons (Fsp3) is 0.429. The third-order valence-corrected chi connectivity index (χ3v) is 3.29. The summed E-state index contributed by atoms with van der Waals surface area (Å²) in [4.78, 5) is 14.3. The van der Waals surface area contributed by atoms with E-state index in [1.54, 1.807) is 17.0 Å². The van der Waals surface area contributed by atoms with Crippen molar-refractivity contribution in [2.75, 3.05) is 6.54 Å². The van der Waals surface area contributed by atoms with Gasteiger partial charge in [0.15, 0.2) is 0 Å². The lowest BCUT2D eigenvalue weighted by Gasteiger charge is -2.27. The zero-order valence-corrected chi connectivity index (χ0v) is 12.7. The molecule has 5 nitrogen and oxygen atoms in total. The highest BCUT2D eigenvalue weighted by Crippen LogP contribution is 2.18. The zero-order valence-electron chi connectivity index (χ0n) is 11.9. The summed E-state index contributed by atoms with van der Waals surface area (Å²) < 4.78 is 0. The summed E-state index contributed by atoms with van der Waals surface area (Å²) in [5, 5.41) is 12.0. The third-order valence-electron chi connectivity index (χ3n) is 3.05. The van der Waals surface area contributed by atoms with Gasteiger partial charge >= 0.3 is 0 Å². The van der Waals surface area contributed by atoms with Gasteiger partial charge in [-0.15, -0.1) is 0 Å². The average Bonchev–Trinajstić information content (AvgIpc) is 2.40. The topological polar surface area (TPSA) is 78.9 Å². The van der Waals surface area contributed by atoms with Crippen LogP contribution in [0.5, 0.6) is 0 Å². The Kier molecular flexibility index (Phi) is 5.82. The number of halogens is 1. The molecule has 0 fully saturated rings. The summed E-state index contributed by atoms with van der Waals surface area (Å²) in [5.74, 6) is -0.00277. The van der Waals surface area contributed by atoms with Crippen LogP contribution in [0.15, 0.2) is 23.4 Å². The predicted molar refractivity (Wildman–Crippen MR) is 80.4 cm³/mol. The minimum Gasteiger partial charge on any atom is -0.409 e. The number of carbonyl (C=O) groups is 1. The Hall–Kier alpha value is -1.75. The smallest absolute Gasteiger partial charge is 0.254 e. The molecule has 1 rings (SSSR count). The number of hydrogen-bond donors (Lipinski definition) is 2. The van der Waals surface area contributed by atoms with Crippen LogP contribution in [0.1, 0.15) is 36.2 Å². The van der Waals surface area contributed by atoms with Crippen molar-refractivity contribution in [2.45, 2.75) is 33.2 Å². The van der Waals surface area contributed by atoms with E-state index in [0.29, 0.717) is 23.6 Å². The molecule has 0 aliphatic rings. The molecule has 0 spiro atoms. The first kappa shape index (κ1) is 16.3. The van der Waals surface area contributed by atoms with E-state index in [-0.39, 0.29) is 17.8 Å². The molecular formula is C14H20ClN3O2. The van der Waals surface area contributed by atoms with Gasteiger partial charge in [0.25, 0.3) is 5.91 Å². The van der Waals surface area contributed by atoms with Crippen molar-refractivity contribution in [1.82, 2.24) is 4.90 Å². The van der Waals surface area contributed by atoms with Crippen LogP contribution in [0.4, 0.5) is 0 Å². The Bertz CT molecular complexity index is 515. The van der Waals surface area contributed by atoms with E-state index >= 15 is 0 Å². The fourth-order valence-corrected chi connectivity index (χ4v) is 2.03. The maximum Gasteiger partial charge on any atom is 0.254 e. The van der Waals surface area contributed by atoms with Crippen LogP contribution >= 0.6 is 11.6 Å². The van der Waals surface area contributed by atoms with Crippen LogP contribution in [0.25, 0.3) is 0 Å². The number of hydrogen-bond acceptors (Lipinski definition) is 3. The van der Waals surface area contributed by atoms with E-state index in [2.05, 4.69) is 5.16 Å². The van der Waals surface area contributed by atoms with Gasteiger partial charge < -0.3 is 15.8 Å². The number of nitrogens with zero attached hydrogens (tertiary/aromatic N) is 2. The van der Waals surface area contributed by atoms with E-state index in [1.807, 2.05) is 26.8 Å². The van der Waals surface area contributed by atoms with E-state index in [0.717, 1.165) is 5.56 Å². The molecule has 6 heteroatoms. The molecule has 3 N–H and O–H groups in total. The summed E-state index contributed by atoms with van der Waals surface area (Å²) in [6.45, 7) is 6.10. The minimum atomic E-state index is -0.106. The van der Waals surface area contributed by atoms with E-state index in [1.165, 1.54) is 0 Å². The highest BCUT2D eigenvalue weighted by Gasteiger charge is 2.20. The SMILES string of the molecule is Cc1ccc(Cl)cc1C(=O)N(CC/C(N)=N/O)C(C)C. The van der Waals surface area contributed by atoms with E-state index in [9.17, 15) is 4.79 Å². The van der Waals surface area contributed by atoms with Gasteiger partial charge in [0, 0.05) is 29.6 Å². The maximum atomic E-state index is 12.6. The van der Waals surface area contributed by atoms with Gasteiger partial charge in [-0.25, -0.2) is 0 Å². The largest absolute Gasteiger partial charge is 0.409 e. The minimum absolute atomic E-state index is 0.00683. The lowest BCUT2D eigenvalue weighted by atomic mass is 10.1. The molecule has 0 saturated carbocycles. The number of benzene rings is 1. The molecule has 0 unspecified atom stereocenters. The molecular weight excluding hydrogens is 278 g/mol. The Morgan fingerprint density at radius 2 is 2.15 bits per heavy atom. The molecule has 0 heterocycles. The summed E-state index contributed by atoms with van der Waals surface area (Å²) >= 11 is 5.95. The molecule has 0 aromatic heterocycles. The number of carbonyl (C=O) groups excluding carboxylic acids is 1. The third kappa shape index (κ3) is 4.13. The number of amidine groups is 1. The highest BCUT2D eigenvalue weighted by atomic mass is 35.5. The maximum absolute atomic E-state index is 12.6. The second kappa shape index (κ2) is 7.14. The lowest BCUT2D eigenvalue weighted by Crippen LogP contribution is -2.39. The first-order chi connectivity index (χ1) is 9.36. The summed E-state index contributed by atoms with van der Waals surface area (Å²) in [5.41, 5.74) is 6.90.